The summed E-state index contributed by atoms with van der Waals surface area (Å²) in [5, 5.41) is 0.0667. The molecule has 90 valence electrons. The zero-order chi connectivity index (χ0) is 12.6. The van der Waals surface area contributed by atoms with Crippen molar-refractivity contribution in [3.63, 3.8) is 0 Å². The van der Waals surface area contributed by atoms with Crippen LogP contribution in [-0.4, -0.2) is 4.98 Å². The third-order valence-electron chi connectivity index (χ3n) is 2.61. The van der Waals surface area contributed by atoms with Gasteiger partial charge in [0.1, 0.15) is 0 Å². The Labute approximate surface area is 95.1 Å². The van der Waals surface area contributed by atoms with Crippen LogP contribution in [0.25, 0.3) is 10.9 Å². The van der Waals surface area contributed by atoms with Crippen molar-refractivity contribution in [1.29, 1.82) is 0 Å². The fourth-order valence-corrected chi connectivity index (χ4v) is 1.75. The molecular weight excluding hydrogens is 231 g/mol. The third-order valence-corrected chi connectivity index (χ3v) is 2.61. The number of hydrogen-bond acceptors (Lipinski definition) is 1. The zero-order valence-electron chi connectivity index (χ0n) is 9.06. The van der Waals surface area contributed by atoms with Crippen LogP contribution in [0.15, 0.2) is 29.1 Å². The van der Waals surface area contributed by atoms with Crippen LogP contribution in [0.3, 0.4) is 0 Å². The zero-order valence-corrected chi connectivity index (χ0v) is 9.06. The maximum atomic E-state index is 12.8. The van der Waals surface area contributed by atoms with Crippen LogP contribution in [-0.2, 0) is 12.6 Å². The molecule has 1 aromatic carbocycles. The van der Waals surface area contributed by atoms with Crippen molar-refractivity contribution in [2.24, 2.45) is 0 Å². The van der Waals surface area contributed by atoms with Gasteiger partial charge in [0.05, 0.1) is 11.1 Å². The van der Waals surface area contributed by atoms with Gasteiger partial charge in [0.25, 0.3) is 0 Å². The lowest BCUT2D eigenvalue weighted by Gasteiger charge is -2.10. The number of aryl methyl sites for hydroxylation is 1. The van der Waals surface area contributed by atoms with Gasteiger partial charge in [-0.05, 0) is 18.6 Å². The van der Waals surface area contributed by atoms with Crippen molar-refractivity contribution in [3.8, 4) is 0 Å². The number of aromatic amines is 1. The number of fused-ring (bicyclic) bond motifs is 1. The number of aromatic nitrogens is 1. The first kappa shape index (κ1) is 11.7. The quantitative estimate of drug-likeness (QED) is 0.817. The number of nitrogens with one attached hydrogen (secondary N) is 1. The van der Waals surface area contributed by atoms with Crippen LogP contribution < -0.4 is 5.43 Å². The van der Waals surface area contributed by atoms with Crippen molar-refractivity contribution in [2.75, 3.05) is 0 Å². The van der Waals surface area contributed by atoms with E-state index >= 15 is 0 Å². The normalized spacial score (nSPS) is 12.0. The van der Waals surface area contributed by atoms with E-state index in [2.05, 4.69) is 4.98 Å². The molecule has 1 N–H and O–H groups in total. The number of para-hydroxylation sites is 1. The number of rotatable bonds is 1. The molecule has 2 aromatic rings. The number of H-pyrrole nitrogens is 1. The molecular formula is C12H10F3NO. The summed E-state index contributed by atoms with van der Waals surface area (Å²) in [7, 11) is 0. The van der Waals surface area contributed by atoms with Crippen LogP contribution in [0, 0.1) is 0 Å². The van der Waals surface area contributed by atoms with Gasteiger partial charge < -0.3 is 4.98 Å². The first-order valence-electron chi connectivity index (χ1n) is 5.15. The summed E-state index contributed by atoms with van der Waals surface area (Å²) >= 11 is 0. The minimum Gasteiger partial charge on any atom is -0.358 e. The fourth-order valence-electron chi connectivity index (χ4n) is 1.75. The Bertz CT molecular complexity index is 613. The first-order valence-corrected chi connectivity index (χ1v) is 5.15. The molecule has 0 atom stereocenters. The van der Waals surface area contributed by atoms with Gasteiger partial charge in [-0.3, -0.25) is 4.79 Å². The van der Waals surface area contributed by atoms with E-state index in [0.717, 1.165) is 6.07 Å². The van der Waals surface area contributed by atoms with Gasteiger partial charge in [0.2, 0.25) is 0 Å². The summed E-state index contributed by atoms with van der Waals surface area (Å²) in [5.74, 6) is 0. The molecule has 0 bridgehead atoms. The molecule has 0 aliphatic carbocycles. The van der Waals surface area contributed by atoms with Gasteiger partial charge in [-0.15, -0.1) is 0 Å². The van der Waals surface area contributed by atoms with Crippen molar-refractivity contribution >= 4 is 10.9 Å². The van der Waals surface area contributed by atoms with Gasteiger partial charge in [-0.1, -0.05) is 13.0 Å². The molecule has 2 rings (SSSR count). The van der Waals surface area contributed by atoms with Crippen LogP contribution >= 0.6 is 0 Å². The molecule has 2 nitrogen and oxygen atoms in total. The molecule has 5 heteroatoms. The Balaban J connectivity index is 2.88. The standard InChI is InChI=1S/C12H10F3NO/c1-2-7-6-10(17)8-4-3-5-9(11(8)16-7)12(13,14)15/h3-6H,2H2,1H3,(H,16,17). The SMILES string of the molecule is CCc1cc(=O)c2cccc(C(F)(F)F)c2[nH]1. The average Bonchev–Trinajstić information content (AvgIpc) is 2.26. The minimum absolute atomic E-state index is 0.0667. The second-order valence-electron chi connectivity index (χ2n) is 3.74. The first-order chi connectivity index (χ1) is 7.93. The molecule has 0 fully saturated rings. The van der Waals surface area contributed by atoms with E-state index in [1.807, 2.05) is 0 Å². The van der Waals surface area contributed by atoms with Crippen molar-refractivity contribution in [3.05, 3.63) is 45.7 Å². The summed E-state index contributed by atoms with van der Waals surface area (Å²) in [6.45, 7) is 1.77. The third kappa shape index (κ3) is 2.05. The van der Waals surface area contributed by atoms with Crippen LogP contribution in [0.4, 0.5) is 13.2 Å². The van der Waals surface area contributed by atoms with Gasteiger partial charge >= 0.3 is 6.18 Å². The monoisotopic (exact) mass is 241 g/mol. The van der Waals surface area contributed by atoms with Gasteiger partial charge in [-0.2, -0.15) is 13.2 Å². The summed E-state index contributed by atoms with van der Waals surface area (Å²) in [4.78, 5) is 14.3. The Morgan fingerprint density at radius 2 is 2.00 bits per heavy atom. The van der Waals surface area contributed by atoms with Crippen molar-refractivity contribution in [2.45, 2.75) is 19.5 Å². The van der Waals surface area contributed by atoms with Crippen molar-refractivity contribution < 1.29 is 13.2 Å². The number of alkyl halides is 3. The highest BCUT2D eigenvalue weighted by Crippen LogP contribution is 2.33. The molecule has 0 radical (unpaired) electrons. The lowest BCUT2D eigenvalue weighted by Crippen LogP contribution is -2.11. The molecule has 17 heavy (non-hydrogen) atoms. The molecule has 0 aliphatic heterocycles. The maximum Gasteiger partial charge on any atom is 0.418 e. The fraction of sp³-hybridized carbons (Fsp3) is 0.250. The molecule has 0 saturated heterocycles. The maximum absolute atomic E-state index is 12.8. The lowest BCUT2D eigenvalue weighted by atomic mass is 10.1. The molecule has 1 heterocycles. The van der Waals surface area contributed by atoms with Crippen molar-refractivity contribution in [1.82, 2.24) is 4.98 Å². The van der Waals surface area contributed by atoms with Gasteiger partial charge in [0.15, 0.2) is 5.43 Å². The number of hydrogen-bond donors (Lipinski definition) is 1. The minimum atomic E-state index is -4.46. The Morgan fingerprint density at radius 3 is 2.59 bits per heavy atom. The Morgan fingerprint density at radius 1 is 1.29 bits per heavy atom. The van der Waals surface area contributed by atoms with Crippen LogP contribution in [0.5, 0.6) is 0 Å². The van der Waals surface area contributed by atoms with E-state index < -0.39 is 11.7 Å². The highest BCUT2D eigenvalue weighted by atomic mass is 19.4. The average molecular weight is 241 g/mol. The smallest absolute Gasteiger partial charge is 0.358 e. The number of benzene rings is 1. The Hall–Kier alpha value is -1.78. The van der Waals surface area contributed by atoms with E-state index in [-0.39, 0.29) is 16.3 Å². The molecule has 0 spiro atoms. The topological polar surface area (TPSA) is 32.9 Å². The molecule has 0 unspecified atom stereocenters. The lowest BCUT2D eigenvalue weighted by molar-refractivity contribution is -0.136. The van der Waals surface area contributed by atoms with E-state index in [1.165, 1.54) is 18.2 Å². The van der Waals surface area contributed by atoms with E-state index in [4.69, 9.17) is 0 Å². The highest BCUT2D eigenvalue weighted by Gasteiger charge is 2.33. The predicted octanol–water partition coefficient (Wildman–Crippen LogP) is 3.11. The molecule has 1 aromatic heterocycles. The van der Waals surface area contributed by atoms with Gasteiger partial charge in [-0.25, -0.2) is 0 Å². The summed E-state index contributed by atoms with van der Waals surface area (Å²) in [6, 6.07) is 4.94. The van der Waals surface area contributed by atoms with E-state index in [0.29, 0.717) is 12.1 Å². The summed E-state index contributed by atoms with van der Waals surface area (Å²) in [5.41, 5.74) is -0.826. The predicted molar refractivity (Wildman–Crippen MR) is 58.9 cm³/mol. The number of halogens is 3. The number of pyridine rings is 1. The molecule has 0 saturated carbocycles. The van der Waals surface area contributed by atoms with E-state index in [9.17, 15) is 18.0 Å². The summed E-state index contributed by atoms with van der Waals surface area (Å²) < 4.78 is 38.3. The molecule has 0 amide bonds. The van der Waals surface area contributed by atoms with Gasteiger partial charge in [0, 0.05) is 17.1 Å². The highest BCUT2D eigenvalue weighted by molar-refractivity contribution is 5.82. The van der Waals surface area contributed by atoms with E-state index in [1.54, 1.807) is 6.92 Å². The second-order valence-corrected chi connectivity index (χ2v) is 3.74. The second kappa shape index (κ2) is 3.91. The largest absolute Gasteiger partial charge is 0.418 e. The summed E-state index contributed by atoms with van der Waals surface area (Å²) in [6.07, 6.45) is -3.98. The van der Waals surface area contributed by atoms with Crippen LogP contribution in [0.2, 0.25) is 0 Å². The Kier molecular flexibility index (Phi) is 2.69. The van der Waals surface area contributed by atoms with Crippen LogP contribution in [0.1, 0.15) is 18.2 Å². The molecule has 0 aliphatic rings.